The van der Waals surface area contributed by atoms with E-state index in [1.54, 1.807) is 0 Å². The van der Waals surface area contributed by atoms with Crippen LogP contribution in [-0.2, 0) is 6.42 Å². The molecule has 0 aromatic heterocycles. The maximum absolute atomic E-state index is 8.60. The minimum Gasteiger partial charge on any atom is -0.396 e. The van der Waals surface area contributed by atoms with Crippen LogP contribution in [0.25, 0.3) is 0 Å². The highest BCUT2D eigenvalue weighted by Crippen LogP contribution is 2.05. The third-order valence-electron chi connectivity index (χ3n) is 1.71. The number of aryl methyl sites for hydroxylation is 2. The average Bonchev–Trinajstić information content (AvgIpc) is 2.16. The molecule has 0 fully saturated rings. The molecular formula is C12H21NO. The van der Waals surface area contributed by atoms with Gasteiger partial charge in [-0.2, -0.15) is 0 Å². The van der Waals surface area contributed by atoms with Gasteiger partial charge in [-0.3, -0.25) is 0 Å². The summed E-state index contributed by atoms with van der Waals surface area (Å²) in [6.07, 6.45) is 1.85. The van der Waals surface area contributed by atoms with E-state index in [1.165, 1.54) is 11.1 Å². The van der Waals surface area contributed by atoms with Gasteiger partial charge in [0.2, 0.25) is 0 Å². The fraction of sp³-hybridized carbons (Fsp3) is 0.500. The number of hydrogen-bond donors (Lipinski definition) is 2. The second kappa shape index (κ2) is 8.73. The fourth-order valence-corrected chi connectivity index (χ4v) is 1.15. The molecule has 1 aromatic carbocycles. The predicted molar refractivity (Wildman–Crippen MR) is 61.6 cm³/mol. The van der Waals surface area contributed by atoms with Crippen LogP contribution in [0.1, 0.15) is 17.5 Å². The lowest BCUT2D eigenvalue weighted by Gasteiger charge is -1.99. The summed E-state index contributed by atoms with van der Waals surface area (Å²) in [5, 5.41) is 11.3. The molecule has 0 atom stereocenters. The molecule has 0 unspecified atom stereocenters. The van der Waals surface area contributed by atoms with Gasteiger partial charge in [-0.25, -0.2) is 0 Å². The highest BCUT2D eigenvalue weighted by molar-refractivity contribution is 5.22. The van der Waals surface area contributed by atoms with E-state index in [2.05, 4.69) is 36.5 Å². The zero-order valence-corrected chi connectivity index (χ0v) is 9.38. The smallest absolute Gasteiger partial charge is 0.0434 e. The van der Waals surface area contributed by atoms with Crippen LogP contribution in [0.3, 0.4) is 0 Å². The van der Waals surface area contributed by atoms with Crippen molar-refractivity contribution in [2.24, 2.45) is 0 Å². The summed E-state index contributed by atoms with van der Waals surface area (Å²) in [5.74, 6) is 0. The summed E-state index contributed by atoms with van der Waals surface area (Å²) in [6, 6.07) is 8.41. The van der Waals surface area contributed by atoms with Gasteiger partial charge in [-0.05, 0) is 39.4 Å². The Morgan fingerprint density at radius 3 is 2.43 bits per heavy atom. The average molecular weight is 195 g/mol. The van der Waals surface area contributed by atoms with E-state index in [0.29, 0.717) is 0 Å². The maximum atomic E-state index is 8.60. The van der Waals surface area contributed by atoms with E-state index in [-0.39, 0.29) is 6.61 Å². The summed E-state index contributed by atoms with van der Waals surface area (Å²) in [7, 11) is 3.75. The maximum Gasteiger partial charge on any atom is 0.0434 e. The molecule has 0 amide bonds. The monoisotopic (exact) mass is 195 g/mol. The molecule has 1 rings (SSSR count). The Labute approximate surface area is 87.0 Å². The standard InChI is InChI=1S/C10H14O.C2H7N/c1-9-4-2-5-10(8-9)6-3-7-11;1-3-2/h2,4-5,8,11H,3,6-7H2,1H3;3H,1-2H3. The third kappa shape index (κ3) is 6.63. The molecular weight excluding hydrogens is 174 g/mol. The van der Waals surface area contributed by atoms with Gasteiger partial charge in [-0.1, -0.05) is 29.8 Å². The van der Waals surface area contributed by atoms with Crippen LogP contribution in [-0.4, -0.2) is 25.8 Å². The van der Waals surface area contributed by atoms with Gasteiger partial charge in [0, 0.05) is 6.61 Å². The van der Waals surface area contributed by atoms with Gasteiger partial charge in [-0.15, -0.1) is 0 Å². The Kier molecular flexibility index (Phi) is 8.19. The summed E-state index contributed by atoms with van der Waals surface area (Å²) >= 11 is 0. The van der Waals surface area contributed by atoms with E-state index in [4.69, 9.17) is 5.11 Å². The van der Waals surface area contributed by atoms with Crippen LogP contribution in [0.4, 0.5) is 0 Å². The lowest BCUT2D eigenvalue weighted by molar-refractivity contribution is 0.288. The Balaban J connectivity index is 0.000000500. The van der Waals surface area contributed by atoms with Crippen molar-refractivity contribution in [1.82, 2.24) is 5.32 Å². The van der Waals surface area contributed by atoms with Crippen molar-refractivity contribution < 1.29 is 5.11 Å². The van der Waals surface area contributed by atoms with Crippen LogP contribution in [0.5, 0.6) is 0 Å². The second-order valence-electron chi connectivity index (χ2n) is 3.32. The minimum atomic E-state index is 0.286. The molecule has 80 valence electrons. The van der Waals surface area contributed by atoms with Crippen molar-refractivity contribution in [2.45, 2.75) is 19.8 Å². The molecule has 2 N–H and O–H groups in total. The first kappa shape index (κ1) is 13.1. The second-order valence-corrected chi connectivity index (χ2v) is 3.32. The van der Waals surface area contributed by atoms with Crippen molar-refractivity contribution >= 4 is 0 Å². The van der Waals surface area contributed by atoms with Crippen molar-refractivity contribution in [3.05, 3.63) is 35.4 Å². The molecule has 2 nitrogen and oxygen atoms in total. The summed E-state index contributed by atoms with van der Waals surface area (Å²) in [5.41, 5.74) is 2.61. The van der Waals surface area contributed by atoms with E-state index < -0.39 is 0 Å². The summed E-state index contributed by atoms with van der Waals surface area (Å²) in [4.78, 5) is 0. The van der Waals surface area contributed by atoms with Gasteiger partial charge in [0.25, 0.3) is 0 Å². The van der Waals surface area contributed by atoms with Crippen molar-refractivity contribution in [1.29, 1.82) is 0 Å². The highest BCUT2D eigenvalue weighted by atomic mass is 16.2. The summed E-state index contributed by atoms with van der Waals surface area (Å²) in [6.45, 7) is 2.37. The first-order valence-corrected chi connectivity index (χ1v) is 4.99. The van der Waals surface area contributed by atoms with Crippen LogP contribution in [0.2, 0.25) is 0 Å². The topological polar surface area (TPSA) is 32.3 Å². The molecule has 0 saturated carbocycles. The molecule has 0 aliphatic heterocycles. The van der Waals surface area contributed by atoms with Gasteiger partial charge >= 0.3 is 0 Å². The molecule has 0 spiro atoms. The van der Waals surface area contributed by atoms with Crippen molar-refractivity contribution in [3.63, 3.8) is 0 Å². The zero-order chi connectivity index (χ0) is 10.8. The number of rotatable bonds is 3. The summed E-state index contributed by atoms with van der Waals surface area (Å²) < 4.78 is 0. The molecule has 0 aliphatic rings. The molecule has 1 aromatic rings. The zero-order valence-electron chi connectivity index (χ0n) is 9.38. The normalized spacial score (nSPS) is 9.14. The molecule has 0 saturated heterocycles. The molecule has 0 bridgehead atoms. The van der Waals surface area contributed by atoms with Crippen molar-refractivity contribution in [3.8, 4) is 0 Å². The number of nitrogens with one attached hydrogen (secondary N) is 1. The first-order chi connectivity index (χ1) is 6.74. The molecule has 0 aliphatic carbocycles. The fourth-order valence-electron chi connectivity index (χ4n) is 1.15. The first-order valence-electron chi connectivity index (χ1n) is 4.99. The molecule has 0 heterocycles. The van der Waals surface area contributed by atoms with Crippen LogP contribution in [0, 0.1) is 6.92 Å². The van der Waals surface area contributed by atoms with E-state index in [0.717, 1.165) is 12.8 Å². The number of hydrogen-bond acceptors (Lipinski definition) is 2. The van der Waals surface area contributed by atoms with Crippen LogP contribution in [0.15, 0.2) is 24.3 Å². The van der Waals surface area contributed by atoms with E-state index in [9.17, 15) is 0 Å². The van der Waals surface area contributed by atoms with Crippen LogP contribution >= 0.6 is 0 Å². The van der Waals surface area contributed by atoms with Gasteiger partial charge in [0.15, 0.2) is 0 Å². The highest BCUT2D eigenvalue weighted by Gasteiger charge is 1.91. The SMILES string of the molecule is CNC.Cc1cccc(CCCO)c1. The van der Waals surface area contributed by atoms with E-state index >= 15 is 0 Å². The Morgan fingerprint density at radius 2 is 1.93 bits per heavy atom. The number of aliphatic hydroxyl groups excluding tert-OH is 1. The number of aliphatic hydroxyl groups is 1. The molecule has 2 heteroatoms. The molecule has 0 radical (unpaired) electrons. The lowest BCUT2D eigenvalue weighted by atomic mass is 10.1. The molecule has 14 heavy (non-hydrogen) atoms. The Hall–Kier alpha value is -0.860. The largest absolute Gasteiger partial charge is 0.396 e. The van der Waals surface area contributed by atoms with Crippen molar-refractivity contribution in [2.75, 3.05) is 20.7 Å². The van der Waals surface area contributed by atoms with Gasteiger partial charge in [0.05, 0.1) is 0 Å². The van der Waals surface area contributed by atoms with E-state index in [1.807, 2.05) is 14.1 Å². The number of benzene rings is 1. The van der Waals surface area contributed by atoms with Gasteiger partial charge in [0.1, 0.15) is 0 Å². The van der Waals surface area contributed by atoms with Crippen LogP contribution < -0.4 is 5.32 Å². The third-order valence-corrected chi connectivity index (χ3v) is 1.71. The Bertz CT molecular complexity index is 236. The minimum absolute atomic E-state index is 0.286. The lowest BCUT2D eigenvalue weighted by Crippen LogP contribution is -1.89. The predicted octanol–water partition coefficient (Wildman–Crippen LogP) is 1.76. The Morgan fingerprint density at radius 1 is 1.29 bits per heavy atom. The van der Waals surface area contributed by atoms with Gasteiger partial charge < -0.3 is 10.4 Å². The quantitative estimate of drug-likeness (QED) is 0.770.